The van der Waals surface area contributed by atoms with Crippen LogP contribution < -0.4 is 10.6 Å². The zero-order valence-electron chi connectivity index (χ0n) is 16.5. The summed E-state index contributed by atoms with van der Waals surface area (Å²) in [5.74, 6) is -1.76. The number of halogens is 4. The van der Waals surface area contributed by atoms with Crippen LogP contribution in [0.4, 0.5) is 24.5 Å². The van der Waals surface area contributed by atoms with Gasteiger partial charge in [0.2, 0.25) is 5.91 Å². The van der Waals surface area contributed by atoms with Crippen molar-refractivity contribution < 1.29 is 32.3 Å². The van der Waals surface area contributed by atoms with Crippen LogP contribution in [-0.4, -0.2) is 24.4 Å². The van der Waals surface area contributed by atoms with E-state index in [-0.39, 0.29) is 24.9 Å². The molecule has 2 rings (SSSR count). The number of carbonyl (C=O) groups excluding carboxylic acids is 3. The van der Waals surface area contributed by atoms with Gasteiger partial charge in [-0.25, -0.2) is 0 Å². The van der Waals surface area contributed by atoms with Crippen LogP contribution >= 0.6 is 11.6 Å². The van der Waals surface area contributed by atoms with Gasteiger partial charge in [0.05, 0.1) is 5.56 Å². The molecular weight excluding hydrogens is 437 g/mol. The van der Waals surface area contributed by atoms with Gasteiger partial charge in [-0.1, -0.05) is 23.7 Å². The Bertz CT molecular complexity index is 964. The van der Waals surface area contributed by atoms with Crippen LogP contribution in [0.25, 0.3) is 0 Å². The minimum Gasteiger partial charge on any atom is -0.456 e. The lowest BCUT2D eigenvalue weighted by molar-refractivity contribution is -0.147. The van der Waals surface area contributed by atoms with Crippen LogP contribution in [0, 0.1) is 6.92 Å². The van der Waals surface area contributed by atoms with Crippen molar-refractivity contribution in [1.82, 2.24) is 0 Å². The molecule has 0 aliphatic carbocycles. The number of nitrogens with one attached hydrogen (secondary N) is 2. The van der Waals surface area contributed by atoms with Crippen LogP contribution in [-0.2, 0) is 25.3 Å². The minimum atomic E-state index is -4.51. The number of carbonyl (C=O) groups is 3. The predicted octanol–water partition coefficient (Wildman–Crippen LogP) is 4.96. The van der Waals surface area contributed by atoms with E-state index in [1.807, 2.05) is 0 Å². The highest BCUT2D eigenvalue weighted by molar-refractivity contribution is 6.31. The van der Waals surface area contributed by atoms with Crippen LogP contribution in [0.15, 0.2) is 42.5 Å². The topological polar surface area (TPSA) is 84.5 Å². The fraction of sp³-hybridized carbons (Fsp3) is 0.286. The maximum Gasteiger partial charge on any atom is 0.416 e. The standard InChI is InChI=1S/C21H20ClF3N2O4/c1-13-16(22)7-3-8-17(13)27-19(29)12-31-20(30)10-4-9-18(28)26-15-6-2-5-14(11-15)21(23,24)25/h2-3,5-8,11H,4,9-10,12H2,1H3,(H,26,28)(H,27,29). The van der Waals surface area contributed by atoms with E-state index >= 15 is 0 Å². The molecule has 10 heteroatoms. The van der Waals surface area contributed by atoms with Gasteiger partial charge in [-0.05, 0) is 49.2 Å². The van der Waals surface area contributed by atoms with Crippen molar-refractivity contribution in [2.75, 3.05) is 17.2 Å². The highest BCUT2D eigenvalue weighted by Crippen LogP contribution is 2.30. The molecule has 2 aromatic carbocycles. The van der Waals surface area contributed by atoms with Crippen molar-refractivity contribution in [3.8, 4) is 0 Å². The first-order valence-electron chi connectivity index (χ1n) is 9.24. The second kappa shape index (κ2) is 10.8. The van der Waals surface area contributed by atoms with E-state index in [4.69, 9.17) is 16.3 Å². The summed E-state index contributed by atoms with van der Waals surface area (Å²) in [5.41, 5.74) is 0.311. The van der Waals surface area contributed by atoms with E-state index in [0.29, 0.717) is 16.3 Å². The number of esters is 1. The van der Waals surface area contributed by atoms with Crippen molar-refractivity contribution in [1.29, 1.82) is 0 Å². The Labute approximate surface area is 181 Å². The molecule has 6 nitrogen and oxygen atoms in total. The molecule has 2 amide bonds. The summed E-state index contributed by atoms with van der Waals surface area (Å²) < 4.78 is 42.9. The molecule has 0 aliphatic heterocycles. The molecule has 0 aromatic heterocycles. The van der Waals surface area contributed by atoms with Gasteiger partial charge in [-0.2, -0.15) is 13.2 Å². The number of anilines is 2. The van der Waals surface area contributed by atoms with Crippen molar-refractivity contribution >= 4 is 40.8 Å². The third-order valence-electron chi connectivity index (χ3n) is 4.16. The summed E-state index contributed by atoms with van der Waals surface area (Å²) in [6.45, 7) is 1.23. The average Bonchev–Trinajstić information content (AvgIpc) is 2.69. The maximum absolute atomic E-state index is 12.7. The lowest BCUT2D eigenvalue weighted by Crippen LogP contribution is -2.21. The molecular formula is C21H20ClF3N2O4. The van der Waals surface area contributed by atoms with Gasteiger partial charge < -0.3 is 15.4 Å². The summed E-state index contributed by atoms with van der Waals surface area (Å²) in [7, 11) is 0. The first-order chi connectivity index (χ1) is 14.6. The van der Waals surface area contributed by atoms with Crippen LogP contribution in [0.3, 0.4) is 0 Å². The Morgan fingerprint density at radius 1 is 1.00 bits per heavy atom. The minimum absolute atomic E-state index is 0.00961. The van der Waals surface area contributed by atoms with E-state index in [2.05, 4.69) is 10.6 Å². The van der Waals surface area contributed by atoms with Crippen molar-refractivity contribution in [2.45, 2.75) is 32.4 Å². The Kier molecular flexibility index (Phi) is 8.44. The molecule has 0 saturated heterocycles. The molecule has 0 spiro atoms. The van der Waals surface area contributed by atoms with Gasteiger partial charge in [-0.15, -0.1) is 0 Å². The zero-order chi connectivity index (χ0) is 23.0. The summed E-state index contributed by atoms with van der Waals surface area (Å²) in [6, 6.07) is 9.25. The molecule has 0 heterocycles. The fourth-order valence-corrected chi connectivity index (χ4v) is 2.71. The molecule has 0 atom stereocenters. The first-order valence-corrected chi connectivity index (χ1v) is 9.62. The zero-order valence-corrected chi connectivity index (χ0v) is 17.3. The second-order valence-electron chi connectivity index (χ2n) is 6.60. The number of hydrogen-bond acceptors (Lipinski definition) is 4. The molecule has 0 aliphatic rings. The monoisotopic (exact) mass is 456 g/mol. The average molecular weight is 457 g/mol. The number of hydrogen-bond donors (Lipinski definition) is 2. The third-order valence-corrected chi connectivity index (χ3v) is 4.57. The Balaban J connectivity index is 1.70. The molecule has 0 bridgehead atoms. The third kappa shape index (κ3) is 7.93. The maximum atomic E-state index is 12.7. The van der Waals surface area contributed by atoms with E-state index in [1.54, 1.807) is 25.1 Å². The van der Waals surface area contributed by atoms with Gasteiger partial charge >= 0.3 is 12.1 Å². The molecule has 2 N–H and O–H groups in total. The number of alkyl halides is 3. The van der Waals surface area contributed by atoms with Gasteiger partial charge in [0.15, 0.2) is 6.61 Å². The van der Waals surface area contributed by atoms with Gasteiger partial charge in [0.1, 0.15) is 0 Å². The summed E-state index contributed by atoms with van der Waals surface area (Å²) in [4.78, 5) is 35.5. The van der Waals surface area contributed by atoms with Crippen molar-refractivity contribution in [3.63, 3.8) is 0 Å². The van der Waals surface area contributed by atoms with Gasteiger partial charge in [0, 0.05) is 29.2 Å². The lowest BCUT2D eigenvalue weighted by Gasteiger charge is -2.10. The SMILES string of the molecule is Cc1c(Cl)cccc1NC(=O)COC(=O)CCCC(=O)Nc1cccc(C(F)(F)F)c1. The van der Waals surface area contributed by atoms with E-state index in [0.717, 1.165) is 12.1 Å². The Morgan fingerprint density at radius 3 is 2.42 bits per heavy atom. The lowest BCUT2D eigenvalue weighted by atomic mass is 10.2. The molecule has 166 valence electrons. The van der Waals surface area contributed by atoms with Crippen LogP contribution in [0.5, 0.6) is 0 Å². The van der Waals surface area contributed by atoms with E-state index in [1.165, 1.54) is 12.1 Å². The smallest absolute Gasteiger partial charge is 0.416 e. The van der Waals surface area contributed by atoms with E-state index in [9.17, 15) is 27.6 Å². The number of rotatable bonds is 8. The highest BCUT2D eigenvalue weighted by Gasteiger charge is 2.30. The molecule has 2 aromatic rings. The number of amides is 2. The van der Waals surface area contributed by atoms with Gasteiger partial charge in [-0.3, -0.25) is 14.4 Å². The normalized spacial score (nSPS) is 11.0. The molecule has 0 saturated carbocycles. The van der Waals surface area contributed by atoms with Crippen molar-refractivity contribution in [2.24, 2.45) is 0 Å². The largest absolute Gasteiger partial charge is 0.456 e. The highest BCUT2D eigenvalue weighted by atomic mass is 35.5. The van der Waals surface area contributed by atoms with Crippen molar-refractivity contribution in [3.05, 3.63) is 58.6 Å². The molecule has 31 heavy (non-hydrogen) atoms. The quantitative estimate of drug-likeness (QED) is 0.550. The summed E-state index contributed by atoms with van der Waals surface area (Å²) >= 11 is 5.97. The number of benzene rings is 2. The summed E-state index contributed by atoms with van der Waals surface area (Å²) in [6.07, 6.45) is -4.63. The van der Waals surface area contributed by atoms with Crippen LogP contribution in [0.2, 0.25) is 5.02 Å². The van der Waals surface area contributed by atoms with E-state index < -0.39 is 36.1 Å². The molecule has 0 radical (unpaired) electrons. The second-order valence-corrected chi connectivity index (χ2v) is 7.01. The Hall–Kier alpha value is -3.07. The predicted molar refractivity (Wildman–Crippen MR) is 110 cm³/mol. The molecule has 0 unspecified atom stereocenters. The first kappa shape index (κ1) is 24.2. The fourth-order valence-electron chi connectivity index (χ4n) is 2.54. The Morgan fingerprint density at radius 2 is 1.71 bits per heavy atom. The molecule has 0 fully saturated rings. The van der Waals surface area contributed by atoms with Gasteiger partial charge in [0.25, 0.3) is 5.91 Å². The van der Waals surface area contributed by atoms with Crippen LogP contribution in [0.1, 0.15) is 30.4 Å². The number of ether oxygens (including phenoxy) is 1. The summed E-state index contributed by atoms with van der Waals surface area (Å²) in [5, 5.41) is 5.41.